The third-order valence-corrected chi connectivity index (χ3v) is 5.44. The van der Waals surface area contributed by atoms with Crippen molar-refractivity contribution >= 4 is 16.8 Å². The maximum atomic E-state index is 14.9. The maximum Gasteiger partial charge on any atom is 0.253 e. The minimum absolute atomic E-state index is 0.0801. The third-order valence-electron chi connectivity index (χ3n) is 5.44. The Hall–Kier alpha value is -2.71. The van der Waals surface area contributed by atoms with Gasteiger partial charge < -0.3 is 24.3 Å². The van der Waals surface area contributed by atoms with Gasteiger partial charge in [0.25, 0.3) is 5.91 Å². The lowest BCUT2D eigenvalue weighted by Gasteiger charge is -2.29. The number of benzene rings is 1. The molecule has 4 rings (SSSR count). The first-order chi connectivity index (χ1) is 14.2. The number of aromatic amines is 1. The molecule has 3 aromatic rings. The Bertz CT molecular complexity index is 962. The fraction of sp³-hybridized carbons (Fsp3) is 0.429. The summed E-state index contributed by atoms with van der Waals surface area (Å²) in [6.07, 6.45) is 10.1. The molecule has 2 heterocycles. The summed E-state index contributed by atoms with van der Waals surface area (Å²) < 4.78 is 27.3. The number of methoxy groups -OCH3 is 1. The predicted molar refractivity (Wildman–Crippen MR) is 107 cm³/mol. The summed E-state index contributed by atoms with van der Waals surface area (Å²) in [5, 5.41) is 3.50. The second kappa shape index (κ2) is 8.75. The molecule has 0 aliphatic heterocycles. The van der Waals surface area contributed by atoms with Crippen molar-refractivity contribution in [1.29, 1.82) is 0 Å². The monoisotopic (exact) mass is 400 g/mol. The number of amides is 1. The zero-order chi connectivity index (χ0) is 20.2. The fourth-order valence-corrected chi connectivity index (χ4v) is 3.89. The number of carbonyl (C=O) groups is 1. The van der Waals surface area contributed by atoms with Crippen molar-refractivity contribution < 1.29 is 18.7 Å². The molecule has 1 saturated carbocycles. The van der Waals surface area contributed by atoms with E-state index in [-0.39, 0.29) is 23.9 Å². The van der Waals surface area contributed by atoms with Gasteiger partial charge in [0.15, 0.2) is 5.82 Å². The van der Waals surface area contributed by atoms with Crippen LogP contribution in [0.15, 0.2) is 37.1 Å². The maximum absolute atomic E-state index is 14.9. The minimum atomic E-state index is -0.385. The molecule has 0 radical (unpaired) electrons. The fourth-order valence-electron chi connectivity index (χ4n) is 3.89. The molecule has 1 fully saturated rings. The standard InChI is InChI=1S/C21H25FN4O3/c1-28-10-11-29-15-4-2-14(3-5-15)25-21(27)17-12-18(26-9-8-23-13-26)19(22)16-6-7-24-20(16)17/h6-9,12-15,24H,2-5,10-11H2,1H3,(H,25,27)/t14-,15-. The first-order valence-electron chi connectivity index (χ1n) is 9.86. The number of H-pyrrole nitrogens is 1. The number of imidazole rings is 1. The number of nitrogens with zero attached hydrogens (tertiary/aromatic N) is 2. The van der Waals surface area contributed by atoms with Crippen molar-refractivity contribution in [2.24, 2.45) is 0 Å². The highest BCUT2D eigenvalue weighted by Crippen LogP contribution is 2.28. The zero-order valence-electron chi connectivity index (χ0n) is 16.4. The number of hydrogen-bond donors (Lipinski definition) is 2. The van der Waals surface area contributed by atoms with Gasteiger partial charge in [-0.15, -0.1) is 0 Å². The van der Waals surface area contributed by atoms with Gasteiger partial charge in [-0.2, -0.15) is 0 Å². The van der Waals surface area contributed by atoms with Crippen molar-refractivity contribution in [3.63, 3.8) is 0 Å². The van der Waals surface area contributed by atoms with Crippen molar-refractivity contribution in [2.45, 2.75) is 37.8 Å². The first-order valence-corrected chi connectivity index (χ1v) is 9.86. The lowest BCUT2D eigenvalue weighted by Crippen LogP contribution is -2.39. The number of halogens is 1. The molecule has 7 nitrogen and oxygen atoms in total. The Morgan fingerprint density at radius 2 is 2.17 bits per heavy atom. The van der Waals surface area contributed by atoms with Gasteiger partial charge in [0, 0.05) is 37.1 Å². The van der Waals surface area contributed by atoms with E-state index in [9.17, 15) is 9.18 Å². The van der Waals surface area contributed by atoms with Gasteiger partial charge in [-0.1, -0.05) is 0 Å². The van der Waals surface area contributed by atoms with Gasteiger partial charge in [-0.3, -0.25) is 4.79 Å². The van der Waals surface area contributed by atoms with Crippen LogP contribution in [0, 0.1) is 5.82 Å². The van der Waals surface area contributed by atoms with E-state index in [1.807, 2.05) is 0 Å². The number of hydrogen-bond acceptors (Lipinski definition) is 4. The molecule has 2 aromatic heterocycles. The lowest BCUT2D eigenvalue weighted by molar-refractivity contribution is -0.00408. The second-order valence-corrected chi connectivity index (χ2v) is 7.30. The average Bonchev–Trinajstić information content (AvgIpc) is 3.42. The summed E-state index contributed by atoms with van der Waals surface area (Å²) in [5.74, 6) is -0.591. The van der Waals surface area contributed by atoms with Crippen LogP contribution in [0.3, 0.4) is 0 Å². The number of carbonyl (C=O) groups excluding carboxylic acids is 1. The highest BCUT2D eigenvalue weighted by Gasteiger charge is 2.25. The highest BCUT2D eigenvalue weighted by molar-refractivity contribution is 6.07. The molecule has 0 unspecified atom stereocenters. The number of rotatable bonds is 7. The Labute approximate surface area is 168 Å². The topological polar surface area (TPSA) is 81.2 Å². The highest BCUT2D eigenvalue weighted by atomic mass is 19.1. The van der Waals surface area contributed by atoms with E-state index in [1.54, 1.807) is 42.4 Å². The summed E-state index contributed by atoms with van der Waals surface area (Å²) in [4.78, 5) is 20.0. The van der Waals surface area contributed by atoms with Crippen LogP contribution in [0.4, 0.5) is 4.39 Å². The van der Waals surface area contributed by atoms with Gasteiger partial charge in [-0.25, -0.2) is 9.37 Å². The lowest BCUT2D eigenvalue weighted by atomic mass is 9.92. The molecule has 29 heavy (non-hydrogen) atoms. The zero-order valence-corrected chi connectivity index (χ0v) is 16.4. The van der Waals surface area contributed by atoms with E-state index in [0.717, 1.165) is 25.7 Å². The molecule has 0 bridgehead atoms. The van der Waals surface area contributed by atoms with Gasteiger partial charge in [0.05, 0.1) is 42.4 Å². The first kappa shape index (κ1) is 19.6. The van der Waals surface area contributed by atoms with Crippen molar-refractivity contribution in [1.82, 2.24) is 19.9 Å². The van der Waals surface area contributed by atoms with E-state index in [2.05, 4.69) is 15.3 Å². The summed E-state index contributed by atoms with van der Waals surface area (Å²) >= 11 is 0. The number of aromatic nitrogens is 3. The molecule has 8 heteroatoms. The van der Waals surface area contributed by atoms with Crippen molar-refractivity contribution in [2.75, 3.05) is 20.3 Å². The van der Waals surface area contributed by atoms with Crippen LogP contribution in [0.2, 0.25) is 0 Å². The quantitative estimate of drug-likeness (QED) is 0.597. The molecule has 1 aliphatic carbocycles. The van der Waals surface area contributed by atoms with Crippen LogP contribution in [-0.4, -0.2) is 52.9 Å². The molecule has 0 spiro atoms. The average molecular weight is 400 g/mol. The van der Waals surface area contributed by atoms with Crippen LogP contribution in [0.5, 0.6) is 0 Å². The van der Waals surface area contributed by atoms with Crippen LogP contribution >= 0.6 is 0 Å². The normalized spacial score (nSPS) is 19.5. The molecule has 2 N–H and O–H groups in total. The van der Waals surface area contributed by atoms with Crippen LogP contribution in [0.25, 0.3) is 16.6 Å². The Kier molecular flexibility index (Phi) is 5.92. The molecular weight excluding hydrogens is 375 g/mol. The van der Waals surface area contributed by atoms with E-state index >= 15 is 0 Å². The van der Waals surface area contributed by atoms with Crippen LogP contribution in [-0.2, 0) is 9.47 Å². The number of fused-ring (bicyclic) bond motifs is 1. The predicted octanol–water partition coefficient (Wildman–Crippen LogP) is 3.20. The Morgan fingerprint density at radius 3 is 2.90 bits per heavy atom. The molecule has 0 atom stereocenters. The SMILES string of the molecule is COCCO[C@H]1CC[C@H](NC(=O)c2cc(-n3ccnc3)c(F)c3cc[nH]c23)CC1. The third kappa shape index (κ3) is 4.18. The molecule has 1 aliphatic rings. The van der Waals surface area contributed by atoms with E-state index in [0.29, 0.717) is 35.4 Å². The van der Waals surface area contributed by atoms with Crippen molar-refractivity contribution in [3.05, 3.63) is 48.4 Å². The molecule has 0 saturated heterocycles. The number of nitrogens with one attached hydrogen (secondary N) is 2. The Morgan fingerprint density at radius 1 is 1.34 bits per heavy atom. The van der Waals surface area contributed by atoms with Gasteiger partial charge >= 0.3 is 0 Å². The van der Waals surface area contributed by atoms with Crippen molar-refractivity contribution in [3.8, 4) is 5.69 Å². The molecular formula is C21H25FN4O3. The summed E-state index contributed by atoms with van der Waals surface area (Å²) in [5.41, 5.74) is 1.23. The second-order valence-electron chi connectivity index (χ2n) is 7.30. The van der Waals surface area contributed by atoms with Crippen LogP contribution in [0.1, 0.15) is 36.0 Å². The largest absolute Gasteiger partial charge is 0.382 e. The molecule has 1 aromatic carbocycles. The van der Waals surface area contributed by atoms with Crippen LogP contribution < -0.4 is 5.32 Å². The smallest absolute Gasteiger partial charge is 0.253 e. The molecule has 1 amide bonds. The van der Waals surface area contributed by atoms with E-state index in [1.165, 1.54) is 6.33 Å². The van der Waals surface area contributed by atoms with E-state index < -0.39 is 0 Å². The molecule has 154 valence electrons. The Balaban J connectivity index is 1.48. The summed E-state index contributed by atoms with van der Waals surface area (Å²) in [6, 6.07) is 3.30. The minimum Gasteiger partial charge on any atom is -0.382 e. The van der Waals surface area contributed by atoms with E-state index in [4.69, 9.17) is 9.47 Å². The van der Waals surface area contributed by atoms with Gasteiger partial charge in [-0.05, 0) is 37.8 Å². The van der Waals surface area contributed by atoms with Gasteiger partial charge in [0.1, 0.15) is 0 Å². The summed E-state index contributed by atoms with van der Waals surface area (Å²) in [6.45, 7) is 1.18. The number of ether oxygens (including phenoxy) is 2. The van der Waals surface area contributed by atoms with Gasteiger partial charge in [0.2, 0.25) is 0 Å². The summed E-state index contributed by atoms with van der Waals surface area (Å²) in [7, 11) is 1.66.